The maximum absolute atomic E-state index is 12.8. The molecule has 4 rings (SSSR count). The summed E-state index contributed by atoms with van der Waals surface area (Å²) in [6.07, 6.45) is -0.0742. The molecule has 0 fully saturated rings. The number of anilines is 1. The number of nitrogens with zero attached hydrogens (tertiary/aromatic N) is 1. The van der Waals surface area contributed by atoms with Crippen LogP contribution in [-0.2, 0) is 14.8 Å². The predicted octanol–water partition coefficient (Wildman–Crippen LogP) is 2.99. The van der Waals surface area contributed by atoms with Crippen LogP contribution in [0.15, 0.2) is 40.8 Å². The van der Waals surface area contributed by atoms with Gasteiger partial charge in [0.1, 0.15) is 11.3 Å². The van der Waals surface area contributed by atoms with Crippen LogP contribution in [0.4, 0.5) is 5.69 Å². The molecule has 32 heavy (non-hydrogen) atoms. The van der Waals surface area contributed by atoms with Crippen molar-refractivity contribution >= 4 is 32.6 Å². The largest absolute Gasteiger partial charge is 0.455 e. The van der Waals surface area contributed by atoms with Gasteiger partial charge in [-0.3, -0.25) is 9.10 Å². The first-order chi connectivity index (χ1) is 15.1. The summed E-state index contributed by atoms with van der Waals surface area (Å²) in [5.41, 5.74) is 3.59. The Bertz CT molecular complexity index is 1280. The van der Waals surface area contributed by atoms with Crippen molar-refractivity contribution in [2.24, 2.45) is 0 Å². The smallest absolute Gasteiger partial charge is 0.255 e. The molecule has 3 aromatic rings. The van der Waals surface area contributed by atoms with Crippen LogP contribution in [0.3, 0.4) is 0 Å². The Balaban J connectivity index is 2.01. The molecule has 2 unspecified atom stereocenters. The van der Waals surface area contributed by atoms with Crippen LogP contribution in [0.2, 0.25) is 0 Å². The number of fused-ring (bicyclic) bond motifs is 2. The highest BCUT2D eigenvalue weighted by atomic mass is 32.2. The summed E-state index contributed by atoms with van der Waals surface area (Å²) >= 11 is 0. The Labute approximate surface area is 186 Å². The van der Waals surface area contributed by atoms with E-state index in [0.717, 1.165) is 17.4 Å². The monoisotopic (exact) mass is 458 g/mol. The molecule has 1 aliphatic heterocycles. The van der Waals surface area contributed by atoms with Crippen molar-refractivity contribution in [3.8, 4) is 11.3 Å². The van der Waals surface area contributed by atoms with Crippen molar-refractivity contribution in [1.29, 1.82) is 0 Å². The number of benzene rings is 2. The number of carbonyl (C=O) groups is 1. The van der Waals surface area contributed by atoms with E-state index in [1.165, 1.54) is 4.31 Å². The zero-order chi connectivity index (χ0) is 23.2. The molecule has 170 valence electrons. The topological polar surface area (TPSA) is 109 Å². The highest BCUT2D eigenvalue weighted by Gasteiger charge is 2.33. The number of rotatable bonds is 4. The number of carbonyl (C=O) groups excluding carboxylic acids is 1. The Morgan fingerprint density at radius 1 is 1.25 bits per heavy atom. The van der Waals surface area contributed by atoms with E-state index >= 15 is 0 Å². The van der Waals surface area contributed by atoms with E-state index in [1.54, 1.807) is 26.1 Å². The Hall–Kier alpha value is -2.88. The quantitative estimate of drug-likeness (QED) is 0.622. The van der Waals surface area contributed by atoms with Crippen molar-refractivity contribution in [2.45, 2.75) is 26.1 Å². The first-order valence-electron chi connectivity index (χ1n) is 10.3. The second-order valence-corrected chi connectivity index (χ2v) is 9.94. The fourth-order valence-electron chi connectivity index (χ4n) is 4.05. The number of amides is 1. The highest BCUT2D eigenvalue weighted by molar-refractivity contribution is 7.92. The Morgan fingerprint density at radius 2 is 1.94 bits per heavy atom. The average Bonchev–Trinajstić information content (AvgIpc) is 3.05. The molecule has 0 saturated heterocycles. The van der Waals surface area contributed by atoms with Crippen LogP contribution in [0.1, 0.15) is 34.5 Å². The molecule has 1 aliphatic rings. The minimum atomic E-state index is -3.66. The van der Waals surface area contributed by atoms with Gasteiger partial charge in [-0.1, -0.05) is 29.8 Å². The zero-order valence-corrected chi connectivity index (χ0v) is 19.2. The number of aliphatic hydroxyl groups is 1. The molecule has 1 amide bonds. The molecule has 0 bridgehead atoms. The van der Waals surface area contributed by atoms with Crippen LogP contribution in [-0.4, -0.2) is 52.0 Å². The van der Waals surface area contributed by atoms with E-state index in [9.17, 15) is 18.3 Å². The van der Waals surface area contributed by atoms with Crippen molar-refractivity contribution in [3.05, 3.63) is 53.1 Å². The molecular weight excluding hydrogens is 432 g/mol. The standard InChI is InChI=1S/C23H26N2O6S/c1-13-5-7-15(8-6-13)22-21(23(27)24-3)18-9-17-14(2)30-16(12-26)11-25(32(4,28)29)19(17)10-20(18)31-22/h5-10,14,16,26H,11-12H2,1-4H3,(H,24,27). The number of hydrogen-bond acceptors (Lipinski definition) is 6. The molecule has 0 aliphatic carbocycles. The number of hydrogen-bond donors (Lipinski definition) is 2. The summed E-state index contributed by atoms with van der Waals surface area (Å²) in [5.74, 6) is 0.0990. The fraction of sp³-hybridized carbons (Fsp3) is 0.348. The third kappa shape index (κ3) is 3.87. The number of furan rings is 1. The van der Waals surface area contributed by atoms with Crippen molar-refractivity contribution in [3.63, 3.8) is 0 Å². The zero-order valence-electron chi connectivity index (χ0n) is 18.4. The SMILES string of the molecule is CNC(=O)c1c(-c2ccc(C)cc2)oc2cc3c(cc12)C(C)OC(CO)CN3S(C)(=O)=O. The van der Waals surface area contributed by atoms with Crippen molar-refractivity contribution in [2.75, 3.05) is 30.8 Å². The van der Waals surface area contributed by atoms with Gasteiger partial charge in [0.15, 0.2) is 0 Å². The first kappa shape index (κ1) is 22.3. The summed E-state index contributed by atoms with van der Waals surface area (Å²) in [6.45, 7) is 3.42. The van der Waals surface area contributed by atoms with E-state index in [1.807, 2.05) is 31.2 Å². The van der Waals surface area contributed by atoms with Crippen LogP contribution in [0, 0.1) is 6.92 Å². The minimum Gasteiger partial charge on any atom is -0.455 e. The van der Waals surface area contributed by atoms with Gasteiger partial charge in [0.2, 0.25) is 10.0 Å². The molecule has 2 atom stereocenters. The molecule has 9 heteroatoms. The van der Waals surface area contributed by atoms with Gasteiger partial charge >= 0.3 is 0 Å². The summed E-state index contributed by atoms with van der Waals surface area (Å²) in [7, 11) is -2.11. The van der Waals surface area contributed by atoms with Crippen LogP contribution in [0.25, 0.3) is 22.3 Å². The van der Waals surface area contributed by atoms with Gasteiger partial charge in [0, 0.05) is 29.6 Å². The molecule has 2 aromatic carbocycles. The van der Waals surface area contributed by atoms with Gasteiger partial charge in [0.25, 0.3) is 5.91 Å². The number of nitrogens with one attached hydrogen (secondary N) is 1. The first-order valence-corrected chi connectivity index (χ1v) is 12.1. The second-order valence-electron chi connectivity index (χ2n) is 8.04. The molecular formula is C23H26N2O6S. The molecule has 8 nitrogen and oxygen atoms in total. The second kappa shape index (κ2) is 8.23. The molecule has 1 aromatic heterocycles. The van der Waals surface area contributed by atoms with Gasteiger partial charge in [-0.15, -0.1) is 0 Å². The van der Waals surface area contributed by atoms with E-state index in [4.69, 9.17) is 9.15 Å². The van der Waals surface area contributed by atoms with Gasteiger partial charge in [-0.2, -0.15) is 0 Å². The molecule has 0 spiro atoms. The number of sulfonamides is 1. The lowest BCUT2D eigenvalue weighted by Gasteiger charge is -2.24. The van der Waals surface area contributed by atoms with Crippen molar-refractivity contribution < 1.29 is 27.5 Å². The number of aryl methyl sites for hydroxylation is 1. The average molecular weight is 459 g/mol. The van der Waals surface area contributed by atoms with Crippen LogP contribution in [0.5, 0.6) is 0 Å². The molecule has 2 N–H and O–H groups in total. The lowest BCUT2D eigenvalue weighted by atomic mass is 10.00. The van der Waals surface area contributed by atoms with Crippen LogP contribution >= 0.6 is 0 Å². The van der Waals surface area contributed by atoms with Gasteiger partial charge in [-0.25, -0.2) is 8.42 Å². The normalized spacial score (nSPS) is 19.0. The van der Waals surface area contributed by atoms with Gasteiger partial charge in [-0.05, 0) is 19.9 Å². The van der Waals surface area contributed by atoms with Crippen LogP contribution < -0.4 is 9.62 Å². The third-order valence-electron chi connectivity index (χ3n) is 5.68. The Morgan fingerprint density at radius 3 is 2.53 bits per heavy atom. The maximum atomic E-state index is 12.8. The van der Waals surface area contributed by atoms with E-state index in [2.05, 4.69) is 5.32 Å². The Kier molecular flexibility index (Phi) is 5.74. The summed E-state index contributed by atoms with van der Waals surface area (Å²) in [6, 6.07) is 11.0. The highest BCUT2D eigenvalue weighted by Crippen LogP contribution is 2.42. The lowest BCUT2D eigenvalue weighted by molar-refractivity contribution is -0.0227. The maximum Gasteiger partial charge on any atom is 0.255 e. The summed E-state index contributed by atoms with van der Waals surface area (Å²) in [4.78, 5) is 12.8. The summed E-state index contributed by atoms with van der Waals surface area (Å²) in [5, 5.41) is 12.9. The van der Waals surface area contributed by atoms with Crippen molar-refractivity contribution in [1.82, 2.24) is 5.32 Å². The van der Waals surface area contributed by atoms with E-state index < -0.39 is 22.2 Å². The summed E-state index contributed by atoms with van der Waals surface area (Å²) < 4.78 is 38.4. The third-order valence-corrected chi connectivity index (χ3v) is 6.83. The lowest BCUT2D eigenvalue weighted by Crippen LogP contribution is -2.38. The predicted molar refractivity (Wildman–Crippen MR) is 122 cm³/mol. The molecule has 0 saturated carbocycles. The van der Waals surface area contributed by atoms with E-state index in [0.29, 0.717) is 33.5 Å². The fourth-order valence-corrected chi connectivity index (χ4v) is 5.00. The van der Waals surface area contributed by atoms with Gasteiger partial charge in [0.05, 0.1) is 42.9 Å². The minimum absolute atomic E-state index is 0.0218. The molecule has 0 radical (unpaired) electrons. The van der Waals surface area contributed by atoms with Gasteiger partial charge < -0.3 is 19.6 Å². The number of aliphatic hydroxyl groups excluding tert-OH is 1. The molecule has 2 heterocycles. The van der Waals surface area contributed by atoms with E-state index in [-0.39, 0.29) is 19.1 Å². The number of ether oxygens (including phenoxy) is 1.